The molecule has 23 heavy (non-hydrogen) atoms. The fraction of sp³-hybridized carbons (Fsp3) is 0.400. The fourth-order valence-electron chi connectivity index (χ4n) is 2.27. The molecule has 1 atom stereocenters. The molecule has 2 rings (SSSR count). The number of nitrogens with one attached hydrogen (secondary N) is 1. The first-order valence-electron chi connectivity index (χ1n) is 8.19. The van der Waals surface area contributed by atoms with Crippen molar-refractivity contribution in [2.24, 2.45) is 5.73 Å². The van der Waals surface area contributed by atoms with Gasteiger partial charge in [-0.25, -0.2) is 0 Å². The van der Waals surface area contributed by atoms with Gasteiger partial charge in [0.15, 0.2) is 0 Å². The van der Waals surface area contributed by atoms with Gasteiger partial charge in [-0.2, -0.15) is 0 Å². The standard InChI is InChI=1S/C20H28N2O/c1-20(2,3)22-14-18(21)13-16-9-11-19(12-10-16)23-15-17-7-5-4-6-8-17/h4-12,18,22H,13-15,21H2,1-3H3. The summed E-state index contributed by atoms with van der Waals surface area (Å²) in [5.74, 6) is 0.888. The van der Waals surface area contributed by atoms with Gasteiger partial charge in [-0.1, -0.05) is 42.5 Å². The van der Waals surface area contributed by atoms with Gasteiger partial charge in [0.25, 0.3) is 0 Å². The van der Waals surface area contributed by atoms with Crippen LogP contribution in [0.1, 0.15) is 31.9 Å². The number of ether oxygens (including phenoxy) is 1. The maximum atomic E-state index is 6.19. The summed E-state index contributed by atoms with van der Waals surface area (Å²) in [4.78, 5) is 0. The topological polar surface area (TPSA) is 47.3 Å². The summed E-state index contributed by atoms with van der Waals surface area (Å²) < 4.78 is 5.80. The maximum absolute atomic E-state index is 6.19. The number of nitrogens with two attached hydrogens (primary N) is 1. The third-order valence-corrected chi connectivity index (χ3v) is 3.56. The van der Waals surface area contributed by atoms with Crippen LogP contribution in [0.3, 0.4) is 0 Å². The average molecular weight is 312 g/mol. The van der Waals surface area contributed by atoms with Gasteiger partial charge in [0, 0.05) is 18.1 Å². The zero-order valence-corrected chi connectivity index (χ0v) is 14.4. The molecule has 0 aromatic heterocycles. The highest BCUT2D eigenvalue weighted by Gasteiger charge is 2.11. The molecule has 0 spiro atoms. The van der Waals surface area contributed by atoms with Crippen LogP contribution in [-0.2, 0) is 13.0 Å². The van der Waals surface area contributed by atoms with Crippen LogP contribution in [0.4, 0.5) is 0 Å². The lowest BCUT2D eigenvalue weighted by molar-refractivity contribution is 0.306. The van der Waals surface area contributed by atoms with Gasteiger partial charge in [-0.3, -0.25) is 0 Å². The highest BCUT2D eigenvalue weighted by molar-refractivity contribution is 5.28. The van der Waals surface area contributed by atoms with Gasteiger partial charge in [0.1, 0.15) is 12.4 Å². The van der Waals surface area contributed by atoms with Gasteiger partial charge >= 0.3 is 0 Å². The monoisotopic (exact) mass is 312 g/mol. The number of rotatable bonds is 7. The average Bonchev–Trinajstić information content (AvgIpc) is 2.53. The van der Waals surface area contributed by atoms with Crippen LogP contribution in [-0.4, -0.2) is 18.1 Å². The van der Waals surface area contributed by atoms with Crippen molar-refractivity contribution < 1.29 is 4.74 Å². The molecule has 0 aliphatic carbocycles. The molecule has 3 heteroatoms. The van der Waals surface area contributed by atoms with Gasteiger partial charge in [0.05, 0.1) is 0 Å². The lowest BCUT2D eigenvalue weighted by atomic mass is 10.0. The summed E-state index contributed by atoms with van der Waals surface area (Å²) in [5, 5.41) is 3.44. The van der Waals surface area contributed by atoms with Crippen molar-refractivity contribution in [1.82, 2.24) is 5.32 Å². The van der Waals surface area contributed by atoms with Crippen molar-refractivity contribution >= 4 is 0 Å². The molecule has 0 saturated heterocycles. The van der Waals surface area contributed by atoms with Crippen LogP contribution >= 0.6 is 0 Å². The first kappa shape index (κ1) is 17.5. The summed E-state index contributed by atoms with van der Waals surface area (Å²) in [7, 11) is 0. The van der Waals surface area contributed by atoms with Gasteiger partial charge < -0.3 is 15.8 Å². The van der Waals surface area contributed by atoms with Crippen LogP contribution in [0.5, 0.6) is 5.75 Å². The molecule has 124 valence electrons. The Labute approximate surface area is 139 Å². The van der Waals surface area contributed by atoms with E-state index in [0.717, 1.165) is 18.7 Å². The summed E-state index contributed by atoms with van der Waals surface area (Å²) in [6, 6.07) is 18.5. The van der Waals surface area contributed by atoms with E-state index in [2.05, 4.69) is 50.4 Å². The molecule has 0 aliphatic heterocycles. The molecule has 2 aromatic carbocycles. The summed E-state index contributed by atoms with van der Waals surface area (Å²) in [6.45, 7) is 7.86. The number of benzene rings is 2. The van der Waals surface area contributed by atoms with Crippen LogP contribution in [0.15, 0.2) is 54.6 Å². The number of hydrogen-bond donors (Lipinski definition) is 2. The van der Waals surface area contributed by atoms with E-state index in [1.165, 1.54) is 11.1 Å². The molecule has 1 unspecified atom stereocenters. The molecule has 0 amide bonds. The Morgan fingerprint density at radius 3 is 2.22 bits per heavy atom. The molecule has 3 N–H and O–H groups in total. The Morgan fingerprint density at radius 2 is 1.61 bits per heavy atom. The molecule has 0 bridgehead atoms. The lowest BCUT2D eigenvalue weighted by Crippen LogP contribution is -2.44. The Bertz CT molecular complexity index is 573. The fourth-order valence-corrected chi connectivity index (χ4v) is 2.27. The van der Waals surface area contributed by atoms with Crippen LogP contribution in [0.25, 0.3) is 0 Å². The van der Waals surface area contributed by atoms with E-state index in [-0.39, 0.29) is 11.6 Å². The smallest absolute Gasteiger partial charge is 0.119 e. The van der Waals surface area contributed by atoms with Crippen molar-refractivity contribution in [3.8, 4) is 5.75 Å². The Kier molecular flexibility index (Phi) is 6.20. The van der Waals surface area contributed by atoms with E-state index in [1.807, 2.05) is 30.3 Å². The lowest BCUT2D eigenvalue weighted by Gasteiger charge is -2.23. The maximum Gasteiger partial charge on any atom is 0.119 e. The highest BCUT2D eigenvalue weighted by atomic mass is 16.5. The van der Waals surface area contributed by atoms with Crippen molar-refractivity contribution in [2.45, 2.75) is 45.4 Å². The summed E-state index contributed by atoms with van der Waals surface area (Å²) in [6.07, 6.45) is 0.863. The first-order valence-corrected chi connectivity index (χ1v) is 8.19. The predicted molar refractivity (Wildman–Crippen MR) is 96.7 cm³/mol. The Hall–Kier alpha value is -1.84. The minimum atomic E-state index is 0.104. The summed E-state index contributed by atoms with van der Waals surface area (Å²) >= 11 is 0. The molecule has 3 nitrogen and oxygen atoms in total. The quantitative estimate of drug-likeness (QED) is 0.822. The van der Waals surface area contributed by atoms with Crippen molar-refractivity contribution in [3.05, 3.63) is 65.7 Å². The first-order chi connectivity index (χ1) is 10.9. The van der Waals surface area contributed by atoms with Crippen molar-refractivity contribution in [3.63, 3.8) is 0 Å². The van der Waals surface area contributed by atoms with Crippen molar-refractivity contribution in [2.75, 3.05) is 6.54 Å². The third kappa shape index (κ3) is 6.85. The van der Waals surface area contributed by atoms with E-state index >= 15 is 0 Å². The Balaban J connectivity index is 1.80. The van der Waals surface area contributed by atoms with E-state index in [9.17, 15) is 0 Å². The van der Waals surface area contributed by atoms with Gasteiger partial charge in [-0.05, 0) is 50.5 Å². The highest BCUT2D eigenvalue weighted by Crippen LogP contribution is 2.15. The number of hydrogen-bond acceptors (Lipinski definition) is 3. The summed E-state index contributed by atoms with van der Waals surface area (Å²) in [5.41, 5.74) is 8.71. The second-order valence-corrected chi connectivity index (χ2v) is 7.01. The van der Waals surface area contributed by atoms with Crippen LogP contribution < -0.4 is 15.8 Å². The SMILES string of the molecule is CC(C)(C)NCC(N)Cc1ccc(OCc2ccccc2)cc1. The minimum Gasteiger partial charge on any atom is -0.489 e. The largest absolute Gasteiger partial charge is 0.489 e. The molecule has 0 heterocycles. The third-order valence-electron chi connectivity index (χ3n) is 3.56. The molecule has 0 radical (unpaired) electrons. The van der Waals surface area contributed by atoms with Gasteiger partial charge in [0.2, 0.25) is 0 Å². The van der Waals surface area contributed by atoms with Crippen molar-refractivity contribution in [1.29, 1.82) is 0 Å². The normalized spacial score (nSPS) is 12.9. The van der Waals surface area contributed by atoms with E-state index in [1.54, 1.807) is 0 Å². The van der Waals surface area contributed by atoms with Gasteiger partial charge in [-0.15, -0.1) is 0 Å². The predicted octanol–water partition coefficient (Wildman–Crippen LogP) is 3.52. The van der Waals surface area contributed by atoms with Crippen LogP contribution in [0, 0.1) is 0 Å². The molecular weight excluding hydrogens is 284 g/mol. The molecule has 0 aliphatic rings. The zero-order chi connectivity index (χ0) is 16.7. The van der Waals surface area contributed by atoms with E-state index in [4.69, 9.17) is 10.5 Å². The molecule has 0 fully saturated rings. The van der Waals surface area contributed by atoms with E-state index in [0.29, 0.717) is 6.61 Å². The molecular formula is C20H28N2O. The van der Waals surface area contributed by atoms with Crippen LogP contribution in [0.2, 0.25) is 0 Å². The van der Waals surface area contributed by atoms with E-state index < -0.39 is 0 Å². The Morgan fingerprint density at radius 1 is 0.957 bits per heavy atom. The zero-order valence-electron chi connectivity index (χ0n) is 14.4. The molecule has 2 aromatic rings. The molecule has 0 saturated carbocycles. The second kappa shape index (κ2) is 8.14. The minimum absolute atomic E-state index is 0.104. The second-order valence-electron chi connectivity index (χ2n) is 7.01.